The van der Waals surface area contributed by atoms with Gasteiger partial charge in [-0.2, -0.15) is 0 Å². The van der Waals surface area contributed by atoms with Crippen LogP contribution in [0, 0.1) is 0 Å². The van der Waals surface area contributed by atoms with Crippen LogP contribution in [0.3, 0.4) is 0 Å². The lowest BCUT2D eigenvalue weighted by molar-refractivity contribution is 0.210. The Morgan fingerprint density at radius 2 is 1.33 bits per heavy atom. The van der Waals surface area contributed by atoms with Crippen molar-refractivity contribution >= 4 is 0 Å². The van der Waals surface area contributed by atoms with Gasteiger partial charge in [-0.3, -0.25) is 0 Å². The lowest BCUT2D eigenvalue weighted by Gasteiger charge is -2.26. The average Bonchev–Trinajstić information content (AvgIpc) is 2.56. The van der Waals surface area contributed by atoms with Crippen LogP contribution in [0.15, 0.2) is 48.5 Å². The van der Waals surface area contributed by atoms with E-state index < -0.39 is 0 Å². The summed E-state index contributed by atoms with van der Waals surface area (Å²) in [5.41, 5.74) is 2.50. The first-order valence-corrected chi connectivity index (χ1v) is 8.98. The Bertz CT molecular complexity index is 611. The molecule has 0 saturated heterocycles. The lowest BCUT2D eigenvalue weighted by atomic mass is 9.78. The second-order valence-corrected chi connectivity index (χ2v) is 6.82. The number of hydrogen-bond acceptors (Lipinski definition) is 2. The Hall–Kier alpha value is -1.96. The summed E-state index contributed by atoms with van der Waals surface area (Å²) in [6, 6.07) is 16.9. The minimum Gasteiger partial charge on any atom is -0.494 e. The van der Waals surface area contributed by atoms with Crippen molar-refractivity contribution in [2.75, 3.05) is 6.61 Å². The summed E-state index contributed by atoms with van der Waals surface area (Å²) in [7, 11) is 0. The van der Waals surface area contributed by atoms with Crippen LogP contribution in [-0.2, 0) is 5.41 Å². The highest BCUT2D eigenvalue weighted by Crippen LogP contribution is 2.33. The summed E-state index contributed by atoms with van der Waals surface area (Å²) in [6.07, 6.45) is 2.49. The van der Waals surface area contributed by atoms with Crippen LogP contribution in [0.5, 0.6) is 11.5 Å². The van der Waals surface area contributed by atoms with Crippen LogP contribution in [0.2, 0.25) is 0 Å². The highest BCUT2D eigenvalue weighted by atomic mass is 16.5. The Balaban J connectivity index is 2.13. The maximum Gasteiger partial charge on any atom is 0.119 e. The zero-order valence-corrected chi connectivity index (χ0v) is 15.6. The van der Waals surface area contributed by atoms with E-state index in [0.29, 0.717) is 6.61 Å². The molecule has 0 radical (unpaired) electrons. The third-order valence-corrected chi connectivity index (χ3v) is 4.50. The molecule has 0 saturated carbocycles. The number of hydrogen-bond donors (Lipinski definition) is 0. The minimum absolute atomic E-state index is 0.0572. The quantitative estimate of drug-likeness (QED) is 0.594. The van der Waals surface area contributed by atoms with E-state index in [2.05, 4.69) is 64.1 Å². The SMILES string of the molecule is CCCC(C)Oc1ccc(C(C)(C)c2ccc(OCC)cc2)cc1. The van der Waals surface area contributed by atoms with Gasteiger partial charge in [0.2, 0.25) is 0 Å². The standard InChI is InChI=1S/C22H30O2/c1-6-8-17(3)24-21-15-11-19(12-16-21)22(4,5)18-9-13-20(14-10-18)23-7-2/h9-17H,6-8H2,1-5H3. The second-order valence-electron chi connectivity index (χ2n) is 6.82. The van der Waals surface area contributed by atoms with Gasteiger partial charge in [0.25, 0.3) is 0 Å². The predicted molar refractivity (Wildman–Crippen MR) is 101 cm³/mol. The van der Waals surface area contributed by atoms with Gasteiger partial charge in [-0.05, 0) is 55.7 Å². The molecule has 0 amide bonds. The molecule has 2 rings (SSSR count). The topological polar surface area (TPSA) is 18.5 Å². The Morgan fingerprint density at radius 1 is 0.833 bits per heavy atom. The lowest BCUT2D eigenvalue weighted by Crippen LogP contribution is -2.19. The Kier molecular flexibility index (Phi) is 6.30. The summed E-state index contributed by atoms with van der Waals surface area (Å²) in [4.78, 5) is 0. The van der Waals surface area contributed by atoms with Gasteiger partial charge < -0.3 is 9.47 Å². The van der Waals surface area contributed by atoms with Crippen molar-refractivity contribution in [3.63, 3.8) is 0 Å². The van der Waals surface area contributed by atoms with Crippen LogP contribution in [0.4, 0.5) is 0 Å². The van der Waals surface area contributed by atoms with Crippen LogP contribution < -0.4 is 9.47 Å². The van der Waals surface area contributed by atoms with Crippen LogP contribution >= 0.6 is 0 Å². The molecule has 1 atom stereocenters. The average molecular weight is 326 g/mol. The van der Waals surface area contributed by atoms with Gasteiger partial charge in [0, 0.05) is 5.41 Å². The van der Waals surface area contributed by atoms with Gasteiger partial charge in [-0.1, -0.05) is 51.5 Å². The van der Waals surface area contributed by atoms with E-state index in [0.717, 1.165) is 24.3 Å². The van der Waals surface area contributed by atoms with Crippen molar-refractivity contribution in [1.82, 2.24) is 0 Å². The van der Waals surface area contributed by atoms with E-state index in [1.54, 1.807) is 0 Å². The van der Waals surface area contributed by atoms with Crippen molar-refractivity contribution in [2.24, 2.45) is 0 Å². The minimum atomic E-state index is -0.0572. The van der Waals surface area contributed by atoms with E-state index in [9.17, 15) is 0 Å². The molecule has 0 spiro atoms. The van der Waals surface area contributed by atoms with E-state index in [1.165, 1.54) is 11.1 Å². The van der Waals surface area contributed by atoms with Crippen molar-refractivity contribution in [3.8, 4) is 11.5 Å². The van der Waals surface area contributed by atoms with Crippen molar-refractivity contribution in [2.45, 2.75) is 59.0 Å². The number of benzene rings is 2. The Morgan fingerprint density at radius 3 is 1.79 bits per heavy atom. The van der Waals surface area contributed by atoms with Crippen LogP contribution in [0.1, 0.15) is 58.6 Å². The molecule has 2 nitrogen and oxygen atoms in total. The van der Waals surface area contributed by atoms with Crippen molar-refractivity contribution in [3.05, 3.63) is 59.7 Å². The monoisotopic (exact) mass is 326 g/mol. The molecule has 1 unspecified atom stereocenters. The fourth-order valence-corrected chi connectivity index (χ4v) is 2.95. The van der Waals surface area contributed by atoms with Gasteiger partial charge in [0.05, 0.1) is 12.7 Å². The van der Waals surface area contributed by atoms with Crippen molar-refractivity contribution in [1.29, 1.82) is 0 Å². The molecule has 0 bridgehead atoms. The summed E-state index contributed by atoms with van der Waals surface area (Å²) >= 11 is 0. The summed E-state index contributed by atoms with van der Waals surface area (Å²) in [5, 5.41) is 0. The van der Waals surface area contributed by atoms with E-state index in [-0.39, 0.29) is 11.5 Å². The fourth-order valence-electron chi connectivity index (χ4n) is 2.95. The van der Waals surface area contributed by atoms with Crippen LogP contribution in [0.25, 0.3) is 0 Å². The molecule has 2 heteroatoms. The first kappa shape index (κ1) is 18.4. The number of rotatable bonds is 8. The Labute approximate surface area is 146 Å². The molecule has 0 heterocycles. The third-order valence-electron chi connectivity index (χ3n) is 4.50. The van der Waals surface area contributed by atoms with E-state index >= 15 is 0 Å². The largest absolute Gasteiger partial charge is 0.494 e. The highest BCUT2D eigenvalue weighted by molar-refractivity contribution is 5.41. The normalized spacial score (nSPS) is 12.7. The molecule has 2 aromatic carbocycles. The predicted octanol–water partition coefficient (Wildman–Crippen LogP) is 5.98. The first-order valence-electron chi connectivity index (χ1n) is 8.98. The summed E-state index contributed by atoms with van der Waals surface area (Å²) in [5.74, 6) is 1.87. The highest BCUT2D eigenvalue weighted by Gasteiger charge is 2.23. The molecule has 0 aliphatic carbocycles. The maximum atomic E-state index is 5.95. The second kappa shape index (κ2) is 8.23. The molecular formula is C22H30O2. The van der Waals surface area contributed by atoms with E-state index in [1.807, 2.05) is 19.1 Å². The maximum absolute atomic E-state index is 5.95. The molecule has 24 heavy (non-hydrogen) atoms. The van der Waals surface area contributed by atoms with Gasteiger partial charge in [-0.25, -0.2) is 0 Å². The fraction of sp³-hybridized carbons (Fsp3) is 0.455. The molecule has 130 valence electrons. The molecule has 0 aliphatic heterocycles. The first-order chi connectivity index (χ1) is 11.5. The molecule has 0 N–H and O–H groups in total. The van der Waals surface area contributed by atoms with Crippen LogP contribution in [-0.4, -0.2) is 12.7 Å². The molecule has 0 aromatic heterocycles. The van der Waals surface area contributed by atoms with Gasteiger partial charge in [-0.15, -0.1) is 0 Å². The summed E-state index contributed by atoms with van der Waals surface area (Å²) in [6.45, 7) is 11.5. The van der Waals surface area contributed by atoms with Gasteiger partial charge in [0.1, 0.15) is 11.5 Å². The van der Waals surface area contributed by atoms with Gasteiger partial charge in [0.15, 0.2) is 0 Å². The van der Waals surface area contributed by atoms with Crippen molar-refractivity contribution < 1.29 is 9.47 Å². The third kappa shape index (κ3) is 4.53. The number of ether oxygens (including phenoxy) is 2. The molecule has 2 aromatic rings. The molecule has 0 aliphatic rings. The molecular weight excluding hydrogens is 296 g/mol. The zero-order valence-electron chi connectivity index (χ0n) is 15.6. The van der Waals surface area contributed by atoms with Gasteiger partial charge >= 0.3 is 0 Å². The molecule has 0 fully saturated rings. The van der Waals surface area contributed by atoms with E-state index in [4.69, 9.17) is 9.47 Å². The zero-order chi connectivity index (χ0) is 17.6. The smallest absolute Gasteiger partial charge is 0.119 e. The summed E-state index contributed by atoms with van der Waals surface area (Å²) < 4.78 is 11.5.